The molecule has 3 aliphatic rings. The number of aliphatic carboxylic acids is 1. The summed E-state index contributed by atoms with van der Waals surface area (Å²) < 4.78 is 94.7. The quantitative estimate of drug-likeness (QED) is 0.0331. The SMILES string of the molecule is CC[C@H](C)[C@@H]([C@@H](CC(=O)N1CCC[C@H]1[C@H](OC)[C@@H](C)C(=O)C[C@H](C)[C@@H](O)c1ccccc1)OC)N(C)C(=O)[C@@H](CC(=O)[C@H](C(C)C)N(C)C(=O)OCc1ccc(O[C@@H]2O[C@H](C(=O)O)[C@@H](O)[C@H](O)[C@H]2O)c(NC(=O)CCNC(=O)[C@H](CCCCNC(=O)CCOCCOCCOCCOCCOCCOCCOCCOCCOCCOCCOCCOC)NC(=O)[C@H](CC)N2C(=O)C=CC2=O)c1)C(C)C. The molecule has 17 atom stereocenters. The van der Waals surface area contributed by atoms with Crippen LogP contribution in [0.4, 0.5) is 10.5 Å². The van der Waals surface area contributed by atoms with E-state index in [1.54, 1.807) is 51.7 Å². The van der Waals surface area contributed by atoms with Gasteiger partial charge in [-0.3, -0.25) is 52.8 Å². The molecule has 9 N–H and O–H groups in total. The van der Waals surface area contributed by atoms with Gasteiger partial charge in [-0.1, -0.05) is 105 Å². The lowest BCUT2D eigenvalue weighted by atomic mass is 9.83. The van der Waals surface area contributed by atoms with E-state index in [1.165, 1.54) is 39.5 Å². The first-order valence-corrected chi connectivity index (χ1v) is 48.7. The predicted octanol–water partition coefficient (Wildman–Crippen LogP) is 4.17. The molecule has 140 heavy (non-hydrogen) atoms. The summed E-state index contributed by atoms with van der Waals surface area (Å²) in [6.45, 7) is 25.2. The van der Waals surface area contributed by atoms with E-state index in [4.69, 9.17) is 80.5 Å². The number of benzene rings is 2. The Morgan fingerprint density at radius 1 is 0.557 bits per heavy atom. The Morgan fingerprint density at radius 3 is 1.59 bits per heavy atom. The number of anilines is 1. The number of aliphatic hydroxyl groups is 4. The first-order valence-electron chi connectivity index (χ1n) is 48.7. The van der Waals surface area contributed by atoms with Gasteiger partial charge in [-0.2, -0.15) is 0 Å². The lowest BCUT2D eigenvalue weighted by molar-refractivity contribution is -0.271. The molecule has 2 aromatic carbocycles. The maximum atomic E-state index is 15.1. The molecule has 42 nitrogen and oxygen atoms in total. The molecule has 3 aliphatic heterocycles. The summed E-state index contributed by atoms with van der Waals surface area (Å²) in [4.78, 5) is 170. The average molecular weight is 1990 g/mol. The summed E-state index contributed by atoms with van der Waals surface area (Å²) >= 11 is 0. The van der Waals surface area contributed by atoms with Crippen LogP contribution in [0.5, 0.6) is 5.75 Å². The number of imide groups is 1. The molecule has 0 aromatic heterocycles. The van der Waals surface area contributed by atoms with Crippen molar-refractivity contribution in [1.29, 1.82) is 0 Å². The van der Waals surface area contributed by atoms with Crippen LogP contribution in [0, 0.1) is 35.5 Å². The molecule has 0 spiro atoms. The van der Waals surface area contributed by atoms with E-state index in [-0.39, 0.29) is 118 Å². The van der Waals surface area contributed by atoms with Crippen LogP contribution in [0.15, 0.2) is 60.7 Å². The number of carbonyl (C=O) groups excluding carboxylic acids is 11. The van der Waals surface area contributed by atoms with Crippen LogP contribution >= 0.6 is 0 Å². The highest BCUT2D eigenvalue weighted by atomic mass is 16.7. The third kappa shape index (κ3) is 42.7. The van der Waals surface area contributed by atoms with E-state index in [0.29, 0.717) is 170 Å². The number of Topliss-reactive ketones (excluding diaryl/α,β-unsaturated/α-hetero) is 2. The van der Waals surface area contributed by atoms with Crippen molar-refractivity contribution in [2.45, 2.75) is 225 Å². The Bertz CT molecular complexity index is 4010. The van der Waals surface area contributed by atoms with Gasteiger partial charge in [0.2, 0.25) is 41.7 Å². The van der Waals surface area contributed by atoms with Crippen LogP contribution in [0.1, 0.15) is 157 Å². The second kappa shape index (κ2) is 68.5. The van der Waals surface area contributed by atoms with Crippen molar-refractivity contribution >= 4 is 76.6 Å². The van der Waals surface area contributed by atoms with Gasteiger partial charge in [0.05, 0.1) is 201 Å². The maximum absolute atomic E-state index is 15.1. The number of likely N-dealkylation sites (tertiary alicyclic amines) is 1. The van der Waals surface area contributed by atoms with Crippen molar-refractivity contribution in [2.75, 3.05) is 212 Å². The lowest BCUT2D eigenvalue weighted by Gasteiger charge is -2.41. The second-order valence-electron chi connectivity index (χ2n) is 35.4. The number of likely N-dealkylation sites (N-methyl/N-ethyl adjacent to an activating group) is 2. The molecular formula is C98H158N8O34. The number of hydrogen-bond donors (Lipinski definition) is 9. The molecule has 2 saturated heterocycles. The van der Waals surface area contributed by atoms with E-state index in [2.05, 4.69) is 21.3 Å². The smallest absolute Gasteiger partial charge is 0.410 e. The van der Waals surface area contributed by atoms with E-state index in [1.807, 2.05) is 65.0 Å². The van der Waals surface area contributed by atoms with Crippen molar-refractivity contribution in [3.05, 3.63) is 71.8 Å². The Labute approximate surface area is 822 Å². The van der Waals surface area contributed by atoms with Crippen LogP contribution in [-0.2, 0) is 135 Å². The van der Waals surface area contributed by atoms with E-state index < -0.39 is 175 Å². The van der Waals surface area contributed by atoms with Gasteiger partial charge in [0, 0.05) is 105 Å². The Morgan fingerprint density at radius 2 is 1.09 bits per heavy atom. The third-order valence-electron chi connectivity index (χ3n) is 24.5. The second-order valence-corrected chi connectivity index (χ2v) is 35.4. The standard InChI is InChI=1S/C98H158N8O34/c1-15-66(7)86(79(125-13)62-84(113)105-35-22-26-75(105)91(126-14)68(9)76(107)59-67(8)87(114)70-23-18-17-19-24-70)103(10)95(120)71(64(3)4)61-77(108)85(65(5)6)104(11)98(123)138-63-69-27-28-78(139-97-90(117)88(115)89(116)92(140-97)96(121)122)73(60-69)101-81(110)31-34-100-93(118)72(102-94(119)74(16-2)106-82(111)29-30-83(106)112)25-20-21-33-99-80(109)32-36-127-39-40-129-43-44-131-47-48-133-51-52-135-55-56-137-58-57-136-54-53-134-50-49-132-46-45-130-42-41-128-38-37-124-12/h17-19,23-24,27-30,60,64-68,71-72,74-75,79,85-92,97,114-117H,15-16,20-22,25-26,31-59,61-63H2,1-14H3,(H,99,109)(H,100,118)(H,101,110)(H,102,119)(H,121,122)/t66-,67-,68-,71-,72-,74-,75-,79+,85-,86-,87+,88-,89-,90+,91+,92-,97+/m0/s1. The van der Waals surface area contributed by atoms with Crippen molar-refractivity contribution in [3.8, 4) is 5.75 Å². The van der Waals surface area contributed by atoms with Gasteiger partial charge in [-0.15, -0.1) is 0 Å². The molecule has 2 aromatic rings. The number of hydrogen-bond acceptors (Lipinski definition) is 33. The van der Waals surface area contributed by atoms with Gasteiger partial charge in [0.1, 0.15) is 48.5 Å². The Balaban J connectivity index is 1.10. The minimum absolute atomic E-state index is 0.0144. The number of ether oxygens (including phenoxy) is 17. The third-order valence-corrected chi connectivity index (χ3v) is 24.5. The van der Waals surface area contributed by atoms with Gasteiger partial charge in [-0.25, -0.2) is 9.59 Å². The molecule has 2 fully saturated rings. The van der Waals surface area contributed by atoms with Gasteiger partial charge in [-0.05, 0) is 85.5 Å². The zero-order valence-corrected chi connectivity index (χ0v) is 84.2. The monoisotopic (exact) mass is 1990 g/mol. The molecule has 0 bridgehead atoms. The summed E-state index contributed by atoms with van der Waals surface area (Å²) in [5, 5.41) is 63.8. The summed E-state index contributed by atoms with van der Waals surface area (Å²) in [5.41, 5.74) is 0.668. The highest BCUT2D eigenvalue weighted by molar-refractivity contribution is 6.15. The topological polar surface area (TPSA) is 524 Å². The maximum Gasteiger partial charge on any atom is 0.410 e. The largest absolute Gasteiger partial charge is 0.479 e. The summed E-state index contributed by atoms with van der Waals surface area (Å²) in [5.74, 6) is -10.5. The summed E-state index contributed by atoms with van der Waals surface area (Å²) in [7, 11) is 7.62. The number of carboxylic acid groups (broad SMARTS) is 1. The fourth-order valence-corrected chi connectivity index (χ4v) is 16.5. The van der Waals surface area contributed by atoms with Crippen LogP contribution in [-0.4, -0.2) is 396 Å². The van der Waals surface area contributed by atoms with Gasteiger partial charge < -0.3 is 142 Å². The highest BCUT2D eigenvalue weighted by Crippen LogP contribution is 2.36. The number of carbonyl (C=O) groups is 12. The summed E-state index contributed by atoms with van der Waals surface area (Å²) in [6.07, 6.45) is -10.0. The molecule has 794 valence electrons. The van der Waals surface area contributed by atoms with Crippen molar-refractivity contribution in [1.82, 2.24) is 35.6 Å². The lowest BCUT2D eigenvalue weighted by Crippen LogP contribution is -2.61. The first-order chi connectivity index (χ1) is 67.2. The van der Waals surface area contributed by atoms with Gasteiger partial charge >= 0.3 is 12.1 Å². The fourth-order valence-electron chi connectivity index (χ4n) is 16.5. The number of rotatable bonds is 77. The van der Waals surface area contributed by atoms with Crippen molar-refractivity contribution in [3.63, 3.8) is 0 Å². The van der Waals surface area contributed by atoms with E-state index in [0.717, 1.165) is 22.0 Å². The van der Waals surface area contributed by atoms with Crippen LogP contribution in [0.25, 0.3) is 0 Å². The molecule has 9 amide bonds. The van der Waals surface area contributed by atoms with E-state index in [9.17, 15) is 78.3 Å². The molecular weight excluding hydrogens is 1830 g/mol. The average Bonchev–Trinajstić information content (AvgIpc) is 1.05. The van der Waals surface area contributed by atoms with Crippen molar-refractivity contribution in [2.24, 2.45) is 35.5 Å². The number of carboxylic acids is 1. The highest BCUT2D eigenvalue weighted by Gasteiger charge is 2.50. The minimum Gasteiger partial charge on any atom is -0.479 e. The van der Waals surface area contributed by atoms with Crippen LogP contribution in [0.3, 0.4) is 0 Å². The number of nitrogens with zero attached hydrogens (tertiary/aromatic N) is 4. The van der Waals surface area contributed by atoms with Crippen LogP contribution in [0.2, 0.25) is 0 Å². The number of aliphatic hydroxyl groups excluding tert-OH is 4. The predicted molar refractivity (Wildman–Crippen MR) is 508 cm³/mol. The molecule has 42 heteroatoms. The normalized spacial score (nSPS) is 18.9. The number of nitrogens with one attached hydrogen (secondary N) is 4. The molecule has 0 aliphatic carbocycles. The molecule has 0 radical (unpaired) electrons. The number of ketones is 2. The minimum atomic E-state index is -2.10. The van der Waals surface area contributed by atoms with Crippen LogP contribution < -0.4 is 26.0 Å². The van der Waals surface area contributed by atoms with Crippen molar-refractivity contribution < 1.29 is 164 Å². The molecule has 3 heterocycles. The van der Waals surface area contributed by atoms with E-state index >= 15 is 4.79 Å². The Hall–Kier alpha value is -8.74. The zero-order valence-electron chi connectivity index (χ0n) is 84.2. The molecule has 0 unspecified atom stereocenters. The first kappa shape index (κ1) is 122. The fraction of sp³-hybridized carbons (Fsp3) is 0.735. The zero-order chi connectivity index (χ0) is 103. The number of amides is 9. The Kier molecular flexibility index (Phi) is 59.6. The molecule has 0 saturated carbocycles. The number of methoxy groups -OCH3 is 3. The summed E-state index contributed by atoms with van der Waals surface area (Å²) in [6, 6.07) is 8.16. The number of unbranched alkanes of at least 4 members (excludes halogenated alkanes) is 1. The van der Waals surface area contributed by atoms with Gasteiger partial charge in [0.25, 0.3) is 11.8 Å². The molecule has 5 rings (SSSR count). The van der Waals surface area contributed by atoms with Gasteiger partial charge in [0.15, 0.2) is 11.9 Å².